The first-order valence-electron chi connectivity index (χ1n) is 5.52. The number of anilines is 2. The van der Waals surface area contributed by atoms with Crippen LogP contribution in [-0.4, -0.2) is 13.6 Å². The van der Waals surface area contributed by atoms with Gasteiger partial charge in [0.05, 0.1) is 0 Å². The van der Waals surface area contributed by atoms with Gasteiger partial charge in [-0.3, -0.25) is 0 Å². The van der Waals surface area contributed by atoms with E-state index in [1.165, 1.54) is 0 Å². The van der Waals surface area contributed by atoms with E-state index in [-0.39, 0.29) is 11.4 Å². The molecule has 0 saturated carbocycles. The van der Waals surface area contributed by atoms with E-state index < -0.39 is 11.6 Å². The second kappa shape index (κ2) is 5.68. The van der Waals surface area contributed by atoms with Gasteiger partial charge in [0, 0.05) is 19.3 Å². The zero-order valence-corrected chi connectivity index (χ0v) is 9.76. The Hall–Kier alpha value is -1.32. The minimum Gasteiger partial charge on any atom is -0.399 e. The minimum atomic E-state index is -0.600. The number of nitrogens with two attached hydrogens (primary N) is 1. The Morgan fingerprint density at radius 1 is 1.19 bits per heavy atom. The van der Waals surface area contributed by atoms with Crippen molar-refractivity contribution in [3.05, 3.63) is 23.8 Å². The molecule has 2 nitrogen and oxygen atoms in total. The Morgan fingerprint density at radius 2 is 1.75 bits per heavy atom. The van der Waals surface area contributed by atoms with Crippen LogP contribution >= 0.6 is 0 Å². The summed E-state index contributed by atoms with van der Waals surface area (Å²) in [5.41, 5.74) is 5.47. The van der Waals surface area contributed by atoms with E-state index in [1.54, 1.807) is 11.9 Å². The van der Waals surface area contributed by atoms with Crippen LogP contribution in [0.25, 0.3) is 0 Å². The number of nitrogens with zero attached hydrogens (tertiary/aromatic N) is 1. The lowest BCUT2D eigenvalue weighted by Gasteiger charge is -2.20. The third-order valence-electron chi connectivity index (χ3n) is 2.52. The van der Waals surface area contributed by atoms with Crippen molar-refractivity contribution in [2.75, 3.05) is 24.2 Å². The van der Waals surface area contributed by atoms with E-state index in [4.69, 9.17) is 5.73 Å². The summed E-state index contributed by atoms with van der Waals surface area (Å²) in [5, 5.41) is 0. The SMILES string of the molecule is CCCCCN(C)c1c(F)cc(N)cc1F. The molecule has 0 saturated heterocycles. The molecule has 0 heterocycles. The van der Waals surface area contributed by atoms with Crippen molar-refractivity contribution >= 4 is 11.4 Å². The lowest BCUT2D eigenvalue weighted by molar-refractivity contribution is 0.574. The van der Waals surface area contributed by atoms with Gasteiger partial charge in [0.15, 0.2) is 11.6 Å². The molecule has 2 N–H and O–H groups in total. The summed E-state index contributed by atoms with van der Waals surface area (Å²) in [6.45, 7) is 2.73. The van der Waals surface area contributed by atoms with Gasteiger partial charge in [-0.25, -0.2) is 8.78 Å². The number of benzene rings is 1. The van der Waals surface area contributed by atoms with Gasteiger partial charge in [-0.1, -0.05) is 19.8 Å². The van der Waals surface area contributed by atoms with Crippen LogP contribution in [0.15, 0.2) is 12.1 Å². The maximum atomic E-state index is 13.5. The summed E-state index contributed by atoms with van der Waals surface area (Å²) >= 11 is 0. The summed E-state index contributed by atoms with van der Waals surface area (Å²) in [6, 6.07) is 2.30. The first-order chi connectivity index (χ1) is 7.56. The molecular weight excluding hydrogens is 210 g/mol. The van der Waals surface area contributed by atoms with E-state index in [2.05, 4.69) is 6.92 Å². The Bertz CT molecular complexity index is 330. The topological polar surface area (TPSA) is 29.3 Å². The zero-order valence-electron chi connectivity index (χ0n) is 9.76. The van der Waals surface area contributed by atoms with Crippen molar-refractivity contribution in [2.24, 2.45) is 0 Å². The molecule has 4 heteroatoms. The molecule has 1 aromatic carbocycles. The second-order valence-electron chi connectivity index (χ2n) is 3.96. The van der Waals surface area contributed by atoms with Crippen LogP contribution in [0.4, 0.5) is 20.2 Å². The van der Waals surface area contributed by atoms with Crippen LogP contribution < -0.4 is 10.6 Å². The van der Waals surface area contributed by atoms with Crippen LogP contribution in [0.5, 0.6) is 0 Å². The number of halogens is 2. The molecule has 0 aliphatic rings. The molecule has 0 bridgehead atoms. The third kappa shape index (κ3) is 3.08. The van der Waals surface area contributed by atoms with E-state index in [0.717, 1.165) is 31.4 Å². The van der Waals surface area contributed by atoms with E-state index in [9.17, 15) is 8.78 Å². The second-order valence-corrected chi connectivity index (χ2v) is 3.96. The normalized spacial score (nSPS) is 10.5. The monoisotopic (exact) mass is 228 g/mol. The Balaban J connectivity index is 2.78. The third-order valence-corrected chi connectivity index (χ3v) is 2.52. The highest BCUT2D eigenvalue weighted by molar-refractivity contribution is 5.55. The van der Waals surface area contributed by atoms with Crippen molar-refractivity contribution in [3.8, 4) is 0 Å². The molecule has 0 atom stereocenters. The van der Waals surface area contributed by atoms with Gasteiger partial charge in [-0.05, 0) is 18.6 Å². The molecule has 0 fully saturated rings. The fourth-order valence-corrected chi connectivity index (χ4v) is 1.66. The summed E-state index contributed by atoms with van der Waals surface area (Å²) < 4.78 is 27.0. The molecule has 0 amide bonds. The maximum absolute atomic E-state index is 13.5. The Morgan fingerprint density at radius 3 is 2.25 bits per heavy atom. The van der Waals surface area contributed by atoms with Crippen LogP contribution in [-0.2, 0) is 0 Å². The first kappa shape index (κ1) is 12.7. The van der Waals surface area contributed by atoms with E-state index >= 15 is 0 Å². The van der Waals surface area contributed by atoms with Crippen molar-refractivity contribution in [2.45, 2.75) is 26.2 Å². The molecule has 0 unspecified atom stereocenters. The largest absolute Gasteiger partial charge is 0.399 e. The molecular formula is C12H18F2N2. The lowest BCUT2D eigenvalue weighted by atomic mass is 10.2. The number of rotatable bonds is 5. The molecule has 0 spiro atoms. The van der Waals surface area contributed by atoms with Crippen LogP contribution in [0.1, 0.15) is 26.2 Å². The van der Waals surface area contributed by atoms with Crippen LogP contribution in [0.2, 0.25) is 0 Å². The highest BCUT2D eigenvalue weighted by atomic mass is 19.1. The molecule has 0 aliphatic carbocycles. The average Bonchev–Trinajstić information content (AvgIpc) is 2.16. The molecule has 0 aliphatic heterocycles. The van der Waals surface area contributed by atoms with Crippen LogP contribution in [0.3, 0.4) is 0 Å². The van der Waals surface area contributed by atoms with Gasteiger partial charge < -0.3 is 10.6 Å². The Kier molecular flexibility index (Phi) is 4.52. The van der Waals surface area contributed by atoms with E-state index in [1.807, 2.05) is 0 Å². The standard InChI is InChI=1S/C12H18F2N2/c1-3-4-5-6-16(2)12-10(13)7-9(15)8-11(12)14/h7-8H,3-6,15H2,1-2H3. The number of nitrogen functional groups attached to an aromatic ring is 1. The highest BCUT2D eigenvalue weighted by Gasteiger charge is 2.14. The number of hydrogen-bond acceptors (Lipinski definition) is 2. The number of hydrogen-bond donors (Lipinski definition) is 1. The van der Waals surface area contributed by atoms with Gasteiger partial charge in [-0.2, -0.15) is 0 Å². The molecule has 0 aromatic heterocycles. The van der Waals surface area contributed by atoms with Gasteiger partial charge in [0.1, 0.15) is 5.69 Å². The fraction of sp³-hybridized carbons (Fsp3) is 0.500. The molecule has 1 aromatic rings. The first-order valence-corrected chi connectivity index (χ1v) is 5.52. The van der Waals surface area contributed by atoms with Crippen molar-refractivity contribution in [1.82, 2.24) is 0 Å². The molecule has 0 radical (unpaired) electrons. The molecule has 90 valence electrons. The fourth-order valence-electron chi connectivity index (χ4n) is 1.66. The maximum Gasteiger partial charge on any atom is 0.151 e. The summed E-state index contributed by atoms with van der Waals surface area (Å²) in [5.74, 6) is -1.20. The van der Waals surface area contributed by atoms with Gasteiger partial charge in [0.25, 0.3) is 0 Å². The molecule has 16 heavy (non-hydrogen) atoms. The highest BCUT2D eigenvalue weighted by Crippen LogP contribution is 2.25. The predicted octanol–water partition coefficient (Wildman–Crippen LogP) is 3.17. The van der Waals surface area contributed by atoms with Crippen molar-refractivity contribution in [3.63, 3.8) is 0 Å². The van der Waals surface area contributed by atoms with Crippen LogP contribution in [0, 0.1) is 11.6 Å². The lowest BCUT2D eigenvalue weighted by Crippen LogP contribution is -2.21. The smallest absolute Gasteiger partial charge is 0.151 e. The zero-order chi connectivity index (χ0) is 12.1. The average molecular weight is 228 g/mol. The predicted molar refractivity (Wildman–Crippen MR) is 63.6 cm³/mol. The van der Waals surface area contributed by atoms with Crippen molar-refractivity contribution < 1.29 is 8.78 Å². The number of unbranched alkanes of at least 4 members (excludes halogenated alkanes) is 2. The van der Waals surface area contributed by atoms with Gasteiger partial charge >= 0.3 is 0 Å². The summed E-state index contributed by atoms with van der Waals surface area (Å²) in [6.07, 6.45) is 3.07. The Labute approximate surface area is 95.1 Å². The van der Waals surface area contributed by atoms with Crippen molar-refractivity contribution in [1.29, 1.82) is 0 Å². The summed E-state index contributed by atoms with van der Waals surface area (Å²) in [4.78, 5) is 1.60. The summed E-state index contributed by atoms with van der Waals surface area (Å²) in [7, 11) is 1.69. The van der Waals surface area contributed by atoms with E-state index in [0.29, 0.717) is 6.54 Å². The molecule has 1 rings (SSSR count). The van der Waals surface area contributed by atoms with Gasteiger partial charge in [0.2, 0.25) is 0 Å². The minimum absolute atomic E-state index is 0.00491. The van der Waals surface area contributed by atoms with Gasteiger partial charge in [-0.15, -0.1) is 0 Å². The quantitative estimate of drug-likeness (QED) is 0.619.